The monoisotopic (exact) mass is 493 g/mol. The van der Waals surface area contributed by atoms with E-state index in [2.05, 4.69) is 52.5 Å². The van der Waals surface area contributed by atoms with Gasteiger partial charge in [-0.15, -0.1) is 0 Å². The molecular formula is C28H35N3O3S. The van der Waals surface area contributed by atoms with Gasteiger partial charge in [-0.1, -0.05) is 36.4 Å². The van der Waals surface area contributed by atoms with E-state index in [1.54, 1.807) is 13.2 Å². The molecule has 0 radical (unpaired) electrons. The van der Waals surface area contributed by atoms with E-state index in [-0.39, 0.29) is 10.6 Å². The Labute approximate surface area is 208 Å². The molecule has 2 atom stereocenters. The van der Waals surface area contributed by atoms with Gasteiger partial charge in [-0.25, -0.2) is 8.42 Å². The molecule has 2 unspecified atom stereocenters. The summed E-state index contributed by atoms with van der Waals surface area (Å²) in [6.45, 7) is 2.77. The maximum absolute atomic E-state index is 12.5. The fourth-order valence-corrected chi connectivity index (χ4v) is 6.94. The number of likely N-dealkylation sites (tertiary alicyclic amines) is 1. The molecule has 186 valence electrons. The van der Waals surface area contributed by atoms with Gasteiger partial charge in [0.15, 0.2) is 9.84 Å². The van der Waals surface area contributed by atoms with Gasteiger partial charge in [0, 0.05) is 25.2 Å². The highest BCUT2D eigenvalue weighted by Gasteiger charge is 2.35. The lowest BCUT2D eigenvalue weighted by atomic mass is 9.75. The summed E-state index contributed by atoms with van der Waals surface area (Å²) in [5.41, 5.74) is 4.20. The van der Waals surface area contributed by atoms with E-state index < -0.39 is 9.84 Å². The van der Waals surface area contributed by atoms with E-state index in [0.717, 1.165) is 18.6 Å². The highest BCUT2D eigenvalue weighted by Crippen LogP contribution is 2.40. The van der Waals surface area contributed by atoms with Crippen LogP contribution in [0.3, 0.4) is 0 Å². The van der Waals surface area contributed by atoms with Crippen LogP contribution in [0, 0.1) is 0 Å². The van der Waals surface area contributed by atoms with Crippen molar-refractivity contribution in [2.75, 3.05) is 25.4 Å². The van der Waals surface area contributed by atoms with Gasteiger partial charge in [0.25, 0.3) is 0 Å². The number of ether oxygens (including phenoxy) is 1. The molecule has 1 fully saturated rings. The number of nitrogens with zero attached hydrogens (tertiary/aromatic N) is 3. The van der Waals surface area contributed by atoms with Gasteiger partial charge >= 0.3 is 0 Å². The Hall–Kier alpha value is -2.64. The van der Waals surface area contributed by atoms with Crippen LogP contribution >= 0.6 is 0 Å². The third kappa shape index (κ3) is 5.62. The first-order chi connectivity index (χ1) is 17.0. The fourth-order valence-electron chi connectivity index (χ4n) is 5.69. The quantitative estimate of drug-likeness (QED) is 0.414. The topological polar surface area (TPSA) is 64.4 Å². The molecule has 1 aliphatic heterocycles. The molecule has 0 bridgehead atoms. The largest absolute Gasteiger partial charge is 0.494 e. The smallest absolute Gasteiger partial charge is 0.181 e. The van der Waals surface area contributed by atoms with Gasteiger partial charge in [0.05, 0.1) is 18.6 Å². The summed E-state index contributed by atoms with van der Waals surface area (Å²) in [6.07, 6.45) is 9.33. The summed E-state index contributed by atoms with van der Waals surface area (Å²) in [6, 6.07) is 17.9. The highest BCUT2D eigenvalue weighted by molar-refractivity contribution is 7.91. The van der Waals surface area contributed by atoms with E-state index in [0.29, 0.717) is 25.0 Å². The molecule has 0 amide bonds. The van der Waals surface area contributed by atoms with Gasteiger partial charge in [-0.05, 0) is 80.4 Å². The number of sulfone groups is 1. The Balaban J connectivity index is 1.29. The van der Waals surface area contributed by atoms with Crippen LogP contribution in [0.4, 0.5) is 0 Å². The molecular weight excluding hydrogens is 458 g/mol. The van der Waals surface area contributed by atoms with E-state index in [4.69, 9.17) is 4.74 Å². The van der Waals surface area contributed by atoms with Crippen molar-refractivity contribution in [1.29, 1.82) is 0 Å². The molecule has 0 spiro atoms. The van der Waals surface area contributed by atoms with Gasteiger partial charge in [0.2, 0.25) is 0 Å². The molecule has 5 rings (SSSR count). The van der Waals surface area contributed by atoms with E-state index in [9.17, 15) is 8.42 Å². The third-order valence-corrected chi connectivity index (χ3v) is 9.22. The van der Waals surface area contributed by atoms with Crippen molar-refractivity contribution in [3.05, 3.63) is 77.6 Å². The molecule has 2 aliphatic rings. The van der Waals surface area contributed by atoms with Gasteiger partial charge in [0.1, 0.15) is 10.6 Å². The first-order valence-corrected chi connectivity index (χ1v) is 14.4. The SMILES string of the molecule is Cn1cc(S(=O)(=O)CCCOc2ccc3c(c2)C(Cc2ccccc2)C(N2CCCC2)CC3)cn1. The average Bonchev–Trinajstić information content (AvgIpc) is 3.55. The van der Waals surface area contributed by atoms with Gasteiger partial charge < -0.3 is 4.74 Å². The van der Waals surface area contributed by atoms with Crippen molar-refractivity contribution >= 4 is 9.84 Å². The predicted octanol–water partition coefficient (Wildman–Crippen LogP) is 4.40. The van der Waals surface area contributed by atoms with Crippen molar-refractivity contribution in [3.63, 3.8) is 0 Å². The van der Waals surface area contributed by atoms with Crippen LogP contribution in [-0.4, -0.2) is 54.6 Å². The minimum atomic E-state index is -3.34. The Morgan fingerprint density at radius 3 is 2.63 bits per heavy atom. The van der Waals surface area contributed by atoms with Crippen LogP contribution < -0.4 is 4.74 Å². The maximum atomic E-state index is 12.5. The van der Waals surface area contributed by atoms with Crippen molar-refractivity contribution in [2.45, 2.75) is 55.4 Å². The summed E-state index contributed by atoms with van der Waals surface area (Å²) in [4.78, 5) is 2.97. The predicted molar refractivity (Wildman–Crippen MR) is 138 cm³/mol. The number of hydrogen-bond acceptors (Lipinski definition) is 5. The molecule has 1 aromatic heterocycles. The van der Waals surface area contributed by atoms with E-state index >= 15 is 0 Å². The maximum Gasteiger partial charge on any atom is 0.181 e. The van der Waals surface area contributed by atoms with Crippen LogP contribution in [0.25, 0.3) is 0 Å². The van der Waals surface area contributed by atoms with E-state index in [1.165, 1.54) is 59.9 Å². The number of aryl methyl sites for hydroxylation is 2. The zero-order chi connectivity index (χ0) is 24.3. The fraction of sp³-hybridized carbons (Fsp3) is 0.464. The summed E-state index contributed by atoms with van der Waals surface area (Å²) in [5, 5.41) is 3.97. The van der Waals surface area contributed by atoms with Crippen molar-refractivity contribution < 1.29 is 13.2 Å². The standard InChI is InChI=1S/C28H35N3O3S/c1-30-21-25(20-29-30)35(32,33)17-7-16-34-24-12-10-23-11-13-28(31-14-5-6-15-31)27(26(23)19-24)18-22-8-3-2-4-9-22/h2-4,8-10,12,19-21,27-28H,5-7,11,13-18H2,1H3. The Morgan fingerprint density at radius 2 is 1.89 bits per heavy atom. The summed E-state index contributed by atoms with van der Waals surface area (Å²) in [7, 11) is -1.62. The summed E-state index contributed by atoms with van der Waals surface area (Å²) < 4.78 is 32.6. The lowest BCUT2D eigenvalue weighted by molar-refractivity contribution is 0.188. The zero-order valence-corrected chi connectivity index (χ0v) is 21.3. The van der Waals surface area contributed by atoms with Crippen LogP contribution in [0.2, 0.25) is 0 Å². The van der Waals surface area contributed by atoms with Crippen molar-refractivity contribution in [2.24, 2.45) is 7.05 Å². The highest BCUT2D eigenvalue weighted by atomic mass is 32.2. The molecule has 35 heavy (non-hydrogen) atoms. The Kier molecular flexibility index (Phi) is 7.25. The second kappa shape index (κ2) is 10.5. The lowest BCUT2D eigenvalue weighted by Crippen LogP contribution is -2.41. The second-order valence-corrected chi connectivity index (χ2v) is 12.0. The van der Waals surface area contributed by atoms with Crippen LogP contribution in [-0.2, 0) is 29.7 Å². The normalized spacial score (nSPS) is 20.6. The Morgan fingerprint density at radius 1 is 1.09 bits per heavy atom. The molecule has 0 N–H and O–H groups in total. The average molecular weight is 494 g/mol. The molecule has 6 nitrogen and oxygen atoms in total. The van der Waals surface area contributed by atoms with Crippen LogP contribution in [0.15, 0.2) is 65.8 Å². The second-order valence-electron chi connectivity index (χ2n) is 9.88. The van der Waals surface area contributed by atoms with Gasteiger partial charge in [-0.2, -0.15) is 5.10 Å². The van der Waals surface area contributed by atoms with Crippen LogP contribution in [0.5, 0.6) is 5.75 Å². The number of aromatic nitrogens is 2. The lowest BCUT2D eigenvalue weighted by Gasteiger charge is -2.39. The zero-order valence-electron chi connectivity index (χ0n) is 20.5. The first-order valence-electron chi connectivity index (χ1n) is 12.7. The molecule has 1 aliphatic carbocycles. The number of rotatable bonds is 9. The number of hydrogen-bond donors (Lipinski definition) is 0. The molecule has 2 aromatic carbocycles. The summed E-state index contributed by atoms with van der Waals surface area (Å²) in [5.74, 6) is 1.33. The molecule has 1 saturated heterocycles. The molecule has 3 aromatic rings. The minimum absolute atomic E-state index is 0.0529. The number of fused-ring (bicyclic) bond motifs is 1. The van der Waals surface area contributed by atoms with Crippen molar-refractivity contribution in [1.82, 2.24) is 14.7 Å². The summed E-state index contributed by atoms with van der Waals surface area (Å²) >= 11 is 0. The Bertz CT molecular complexity index is 1230. The third-order valence-electron chi connectivity index (χ3n) is 7.47. The van der Waals surface area contributed by atoms with Crippen LogP contribution in [0.1, 0.15) is 48.3 Å². The number of benzene rings is 2. The van der Waals surface area contributed by atoms with E-state index in [1.807, 2.05) is 6.07 Å². The van der Waals surface area contributed by atoms with Crippen molar-refractivity contribution in [3.8, 4) is 5.75 Å². The van der Waals surface area contributed by atoms with Gasteiger partial charge in [-0.3, -0.25) is 9.58 Å². The molecule has 0 saturated carbocycles. The molecule has 7 heteroatoms. The molecule has 2 heterocycles. The minimum Gasteiger partial charge on any atom is -0.494 e. The first kappa shape index (κ1) is 24.1.